The monoisotopic (exact) mass is 316 g/mol. The molecule has 0 fully saturated rings. The molecule has 0 saturated carbocycles. The molecule has 0 aliphatic heterocycles. The van der Waals surface area contributed by atoms with Gasteiger partial charge in [-0.1, -0.05) is 87.0 Å². The number of benzene rings is 2. The van der Waals surface area contributed by atoms with Crippen LogP contribution in [0.25, 0.3) is 5.57 Å². The van der Waals surface area contributed by atoms with Gasteiger partial charge in [-0.3, -0.25) is 0 Å². The third-order valence-corrected chi connectivity index (χ3v) is 5.29. The van der Waals surface area contributed by atoms with Crippen molar-refractivity contribution in [3.8, 4) is 0 Å². The molecule has 2 aromatic carbocycles. The third-order valence-electron chi connectivity index (χ3n) is 5.29. The van der Waals surface area contributed by atoms with Crippen LogP contribution in [0.1, 0.15) is 74.6 Å². The Bertz CT molecular complexity index is 762. The van der Waals surface area contributed by atoms with E-state index in [0.717, 1.165) is 6.42 Å². The number of fused-ring (bicyclic) bond motifs is 1. The van der Waals surface area contributed by atoms with E-state index in [2.05, 4.69) is 88.4 Å². The molecule has 0 amide bonds. The van der Waals surface area contributed by atoms with Crippen molar-refractivity contribution in [1.29, 1.82) is 0 Å². The summed E-state index contributed by atoms with van der Waals surface area (Å²) in [6, 6.07) is 17.8. The maximum atomic E-state index is 2.36. The fourth-order valence-electron chi connectivity index (χ4n) is 3.95. The SMILES string of the molecule is CC/C=C\C1=C(C)CC(C)c2cccc(C(C)c3ccccc3)c21. The van der Waals surface area contributed by atoms with Gasteiger partial charge in [0.05, 0.1) is 0 Å². The predicted molar refractivity (Wildman–Crippen MR) is 105 cm³/mol. The summed E-state index contributed by atoms with van der Waals surface area (Å²) in [5, 5.41) is 0. The van der Waals surface area contributed by atoms with Gasteiger partial charge in [0.2, 0.25) is 0 Å². The molecule has 0 radical (unpaired) electrons. The second kappa shape index (κ2) is 7.21. The molecule has 3 rings (SSSR count). The van der Waals surface area contributed by atoms with E-state index in [4.69, 9.17) is 0 Å². The van der Waals surface area contributed by atoms with Crippen molar-refractivity contribution in [3.05, 3.63) is 88.5 Å². The predicted octanol–water partition coefficient (Wildman–Crippen LogP) is 7.09. The van der Waals surface area contributed by atoms with Gasteiger partial charge in [0.25, 0.3) is 0 Å². The first kappa shape index (κ1) is 16.8. The van der Waals surface area contributed by atoms with Crippen LogP contribution in [0.5, 0.6) is 0 Å². The summed E-state index contributed by atoms with van der Waals surface area (Å²) in [6.45, 7) is 9.20. The largest absolute Gasteiger partial charge is 0.0842 e. The first-order valence-corrected chi connectivity index (χ1v) is 9.17. The van der Waals surface area contributed by atoms with E-state index in [1.807, 2.05) is 0 Å². The first-order valence-electron chi connectivity index (χ1n) is 9.17. The topological polar surface area (TPSA) is 0 Å². The lowest BCUT2D eigenvalue weighted by Gasteiger charge is -2.29. The van der Waals surface area contributed by atoms with Gasteiger partial charge < -0.3 is 0 Å². The molecule has 2 atom stereocenters. The minimum Gasteiger partial charge on any atom is -0.0842 e. The van der Waals surface area contributed by atoms with Crippen molar-refractivity contribution < 1.29 is 0 Å². The van der Waals surface area contributed by atoms with Crippen LogP contribution < -0.4 is 0 Å². The van der Waals surface area contributed by atoms with Gasteiger partial charge >= 0.3 is 0 Å². The van der Waals surface area contributed by atoms with Crippen LogP contribution in [-0.4, -0.2) is 0 Å². The lowest BCUT2D eigenvalue weighted by atomic mass is 9.75. The molecule has 124 valence electrons. The Hall–Kier alpha value is -2.08. The van der Waals surface area contributed by atoms with Crippen molar-refractivity contribution in [2.45, 2.75) is 52.4 Å². The van der Waals surface area contributed by atoms with Crippen LogP contribution in [0.3, 0.4) is 0 Å². The summed E-state index contributed by atoms with van der Waals surface area (Å²) < 4.78 is 0. The number of allylic oxidation sites excluding steroid dienone is 4. The highest BCUT2D eigenvalue weighted by molar-refractivity contribution is 5.83. The van der Waals surface area contributed by atoms with Crippen molar-refractivity contribution >= 4 is 5.57 Å². The maximum Gasteiger partial charge on any atom is 0.00672 e. The molecule has 0 heteroatoms. The van der Waals surface area contributed by atoms with Crippen LogP contribution in [0.2, 0.25) is 0 Å². The van der Waals surface area contributed by atoms with Crippen LogP contribution >= 0.6 is 0 Å². The summed E-state index contributed by atoms with van der Waals surface area (Å²) >= 11 is 0. The molecule has 1 aliphatic carbocycles. The molecule has 0 heterocycles. The summed E-state index contributed by atoms with van der Waals surface area (Å²) in [5.74, 6) is 1.01. The van der Waals surface area contributed by atoms with Gasteiger partial charge in [-0.15, -0.1) is 0 Å². The molecule has 2 unspecified atom stereocenters. The lowest BCUT2D eigenvalue weighted by Crippen LogP contribution is -2.11. The highest BCUT2D eigenvalue weighted by atomic mass is 14.3. The second-order valence-corrected chi connectivity index (χ2v) is 7.05. The molecule has 0 aromatic heterocycles. The van der Waals surface area contributed by atoms with Crippen LogP contribution in [-0.2, 0) is 0 Å². The van der Waals surface area contributed by atoms with Gasteiger partial charge in [0, 0.05) is 5.92 Å². The van der Waals surface area contributed by atoms with Gasteiger partial charge in [-0.2, -0.15) is 0 Å². The standard InChI is InChI=1S/C24H28/c1-5-6-13-21-17(2)16-18(3)22-14-10-15-23(24(21)22)19(4)20-11-8-7-9-12-20/h6-15,18-19H,5,16H2,1-4H3/b13-6-. The van der Waals surface area contributed by atoms with Crippen molar-refractivity contribution in [2.75, 3.05) is 0 Å². The average molecular weight is 316 g/mol. The van der Waals surface area contributed by atoms with E-state index in [9.17, 15) is 0 Å². The highest BCUT2D eigenvalue weighted by Crippen LogP contribution is 2.43. The van der Waals surface area contributed by atoms with Gasteiger partial charge in [0.1, 0.15) is 0 Å². The molecular weight excluding hydrogens is 288 g/mol. The van der Waals surface area contributed by atoms with Crippen LogP contribution in [0.15, 0.2) is 66.3 Å². The minimum atomic E-state index is 0.407. The summed E-state index contributed by atoms with van der Waals surface area (Å²) in [5.41, 5.74) is 8.81. The summed E-state index contributed by atoms with van der Waals surface area (Å²) in [6.07, 6.45) is 6.89. The smallest absolute Gasteiger partial charge is 0.00672 e. The van der Waals surface area contributed by atoms with Crippen molar-refractivity contribution in [2.24, 2.45) is 0 Å². The normalized spacial score (nSPS) is 18.8. The minimum absolute atomic E-state index is 0.407. The molecular formula is C24H28. The zero-order valence-electron chi connectivity index (χ0n) is 15.3. The van der Waals surface area contributed by atoms with Crippen molar-refractivity contribution in [3.63, 3.8) is 0 Å². The van der Waals surface area contributed by atoms with E-state index in [1.165, 1.54) is 39.8 Å². The number of rotatable bonds is 4. The summed E-state index contributed by atoms with van der Waals surface area (Å²) in [4.78, 5) is 0. The molecule has 2 aromatic rings. The Balaban J connectivity index is 2.17. The number of hydrogen-bond donors (Lipinski definition) is 0. The van der Waals surface area contributed by atoms with E-state index >= 15 is 0 Å². The van der Waals surface area contributed by atoms with E-state index in [1.54, 1.807) is 0 Å². The van der Waals surface area contributed by atoms with Gasteiger partial charge in [-0.05, 0) is 53.5 Å². The number of hydrogen-bond acceptors (Lipinski definition) is 0. The van der Waals surface area contributed by atoms with Gasteiger partial charge in [0.15, 0.2) is 0 Å². The molecule has 24 heavy (non-hydrogen) atoms. The zero-order valence-corrected chi connectivity index (χ0v) is 15.3. The molecule has 1 aliphatic rings. The first-order chi connectivity index (χ1) is 11.6. The summed E-state index contributed by atoms with van der Waals surface area (Å²) in [7, 11) is 0. The Labute approximate surface area is 146 Å². The zero-order chi connectivity index (χ0) is 17.1. The van der Waals surface area contributed by atoms with E-state index < -0.39 is 0 Å². The van der Waals surface area contributed by atoms with Gasteiger partial charge in [-0.25, -0.2) is 0 Å². The Morgan fingerprint density at radius 1 is 1.08 bits per heavy atom. The molecule has 0 bridgehead atoms. The quantitative estimate of drug-likeness (QED) is 0.565. The highest BCUT2D eigenvalue weighted by Gasteiger charge is 2.25. The van der Waals surface area contributed by atoms with Crippen LogP contribution in [0.4, 0.5) is 0 Å². The fraction of sp³-hybridized carbons (Fsp3) is 0.333. The fourth-order valence-corrected chi connectivity index (χ4v) is 3.95. The molecule has 0 nitrogen and oxygen atoms in total. The Morgan fingerprint density at radius 3 is 2.54 bits per heavy atom. The van der Waals surface area contributed by atoms with E-state index in [-0.39, 0.29) is 0 Å². The van der Waals surface area contributed by atoms with E-state index in [0.29, 0.717) is 11.8 Å². The Morgan fingerprint density at radius 2 is 1.83 bits per heavy atom. The molecule has 0 N–H and O–H groups in total. The van der Waals surface area contributed by atoms with Crippen molar-refractivity contribution in [1.82, 2.24) is 0 Å². The molecule has 0 saturated heterocycles. The van der Waals surface area contributed by atoms with Crippen LogP contribution in [0, 0.1) is 0 Å². The Kier molecular flexibility index (Phi) is 5.04. The third kappa shape index (κ3) is 3.11. The average Bonchev–Trinajstić information content (AvgIpc) is 2.61. The molecule has 0 spiro atoms. The maximum absolute atomic E-state index is 2.36. The lowest BCUT2D eigenvalue weighted by molar-refractivity contribution is 0.732. The second-order valence-electron chi connectivity index (χ2n) is 7.05.